The van der Waals surface area contributed by atoms with Crippen molar-refractivity contribution in [2.75, 3.05) is 7.05 Å². The van der Waals surface area contributed by atoms with Crippen molar-refractivity contribution in [1.29, 1.82) is 0 Å². The molecule has 0 radical (unpaired) electrons. The number of aromatic nitrogens is 2. The molecule has 0 saturated heterocycles. The molecule has 2 aromatic rings. The summed E-state index contributed by atoms with van der Waals surface area (Å²) >= 11 is 6.15. The predicted molar refractivity (Wildman–Crippen MR) is 74.9 cm³/mol. The predicted octanol–water partition coefficient (Wildman–Crippen LogP) is 3.70. The number of rotatable bonds is 4. The van der Waals surface area contributed by atoms with Gasteiger partial charge in [0.05, 0.1) is 23.0 Å². The Morgan fingerprint density at radius 2 is 1.85 bits per heavy atom. The number of nitrogens with zero attached hydrogens (tertiary/aromatic N) is 2. The van der Waals surface area contributed by atoms with Gasteiger partial charge < -0.3 is 5.32 Å². The van der Waals surface area contributed by atoms with E-state index < -0.39 is 17.7 Å². The molecule has 0 aliphatic carbocycles. The van der Waals surface area contributed by atoms with Crippen molar-refractivity contribution in [1.82, 2.24) is 15.1 Å². The van der Waals surface area contributed by atoms with Crippen molar-refractivity contribution in [2.24, 2.45) is 0 Å². The lowest BCUT2D eigenvalue weighted by atomic mass is 10.0. The van der Waals surface area contributed by atoms with Gasteiger partial charge in [-0.05, 0) is 33.0 Å². The van der Waals surface area contributed by atoms with Gasteiger partial charge in [0.15, 0.2) is 0 Å². The molecule has 0 saturated carbocycles. The van der Waals surface area contributed by atoms with Crippen LogP contribution in [0.25, 0.3) is 0 Å². The van der Waals surface area contributed by atoms with E-state index in [1.165, 1.54) is 24.4 Å². The molecular formula is C14H16ClF2N3. The summed E-state index contributed by atoms with van der Waals surface area (Å²) in [5.41, 5.74) is 0.493. The van der Waals surface area contributed by atoms with Crippen LogP contribution in [0.15, 0.2) is 24.4 Å². The van der Waals surface area contributed by atoms with Crippen molar-refractivity contribution < 1.29 is 8.78 Å². The summed E-state index contributed by atoms with van der Waals surface area (Å²) < 4.78 is 29.6. The van der Waals surface area contributed by atoms with Gasteiger partial charge in [-0.25, -0.2) is 8.78 Å². The molecule has 108 valence electrons. The van der Waals surface area contributed by atoms with E-state index in [2.05, 4.69) is 10.4 Å². The molecule has 1 heterocycles. The highest BCUT2D eigenvalue weighted by Crippen LogP contribution is 2.32. The molecule has 2 rings (SSSR count). The van der Waals surface area contributed by atoms with E-state index >= 15 is 0 Å². The largest absolute Gasteiger partial charge is 0.308 e. The monoisotopic (exact) mass is 299 g/mol. The van der Waals surface area contributed by atoms with Gasteiger partial charge in [-0.15, -0.1) is 0 Å². The summed E-state index contributed by atoms with van der Waals surface area (Å²) in [5.74, 6) is -1.23. The van der Waals surface area contributed by atoms with Crippen molar-refractivity contribution >= 4 is 11.6 Å². The fourth-order valence-corrected chi connectivity index (χ4v) is 2.48. The first-order valence-electron chi connectivity index (χ1n) is 6.31. The van der Waals surface area contributed by atoms with Gasteiger partial charge in [-0.3, -0.25) is 4.68 Å². The summed E-state index contributed by atoms with van der Waals surface area (Å²) in [6.07, 6.45) is 1.49. The summed E-state index contributed by atoms with van der Waals surface area (Å²) in [6.45, 7) is 3.86. The third-order valence-corrected chi connectivity index (χ3v) is 3.42. The number of halogens is 3. The molecule has 1 unspecified atom stereocenters. The molecule has 0 aliphatic rings. The highest BCUT2D eigenvalue weighted by atomic mass is 35.5. The van der Waals surface area contributed by atoms with E-state index in [0.717, 1.165) is 0 Å². The van der Waals surface area contributed by atoms with Crippen LogP contribution in [0.5, 0.6) is 0 Å². The Morgan fingerprint density at radius 1 is 1.25 bits per heavy atom. The Hall–Kier alpha value is -1.46. The lowest BCUT2D eigenvalue weighted by Crippen LogP contribution is -2.24. The van der Waals surface area contributed by atoms with Gasteiger partial charge >= 0.3 is 0 Å². The highest BCUT2D eigenvalue weighted by Gasteiger charge is 2.26. The molecule has 0 bridgehead atoms. The maximum atomic E-state index is 14.0. The van der Waals surface area contributed by atoms with Crippen LogP contribution in [0.1, 0.15) is 37.2 Å². The first kappa shape index (κ1) is 14.9. The van der Waals surface area contributed by atoms with Crippen LogP contribution < -0.4 is 5.32 Å². The molecule has 0 fully saturated rings. The molecule has 1 aromatic carbocycles. The van der Waals surface area contributed by atoms with Crippen LogP contribution in [-0.2, 0) is 0 Å². The second-order valence-corrected chi connectivity index (χ2v) is 5.18. The molecule has 0 spiro atoms. The number of benzene rings is 1. The van der Waals surface area contributed by atoms with Crippen LogP contribution in [0.2, 0.25) is 5.02 Å². The summed E-state index contributed by atoms with van der Waals surface area (Å²) in [4.78, 5) is 0. The quantitative estimate of drug-likeness (QED) is 0.933. The van der Waals surface area contributed by atoms with Gasteiger partial charge in [0.2, 0.25) is 0 Å². The zero-order valence-corrected chi connectivity index (χ0v) is 12.2. The molecule has 6 heteroatoms. The average Bonchev–Trinajstić information content (AvgIpc) is 2.76. The van der Waals surface area contributed by atoms with Crippen LogP contribution in [-0.4, -0.2) is 16.8 Å². The molecule has 1 aromatic heterocycles. The molecular weight excluding hydrogens is 284 g/mol. The van der Waals surface area contributed by atoms with E-state index in [1.807, 2.05) is 13.8 Å². The van der Waals surface area contributed by atoms with Crippen molar-refractivity contribution in [3.05, 3.63) is 52.3 Å². The summed E-state index contributed by atoms with van der Waals surface area (Å²) in [7, 11) is 1.63. The molecule has 20 heavy (non-hydrogen) atoms. The minimum atomic E-state index is -0.700. The molecule has 0 amide bonds. The zero-order valence-electron chi connectivity index (χ0n) is 11.5. The second kappa shape index (κ2) is 5.89. The highest BCUT2D eigenvalue weighted by molar-refractivity contribution is 6.31. The third kappa shape index (κ3) is 2.55. The fourth-order valence-electron chi connectivity index (χ4n) is 2.24. The van der Waals surface area contributed by atoms with E-state index in [1.54, 1.807) is 11.7 Å². The Morgan fingerprint density at radius 3 is 2.35 bits per heavy atom. The Balaban J connectivity index is 2.62. The van der Waals surface area contributed by atoms with E-state index in [4.69, 9.17) is 11.6 Å². The van der Waals surface area contributed by atoms with Gasteiger partial charge in [-0.2, -0.15) is 5.10 Å². The normalized spacial score (nSPS) is 12.9. The second-order valence-electron chi connectivity index (χ2n) is 4.77. The summed E-state index contributed by atoms with van der Waals surface area (Å²) in [5, 5.41) is 7.46. The minimum Gasteiger partial charge on any atom is -0.308 e. The zero-order chi connectivity index (χ0) is 14.9. The fraction of sp³-hybridized carbons (Fsp3) is 0.357. The van der Waals surface area contributed by atoms with E-state index in [0.29, 0.717) is 10.7 Å². The average molecular weight is 300 g/mol. The van der Waals surface area contributed by atoms with Crippen molar-refractivity contribution in [3.63, 3.8) is 0 Å². The Kier molecular flexibility index (Phi) is 4.40. The van der Waals surface area contributed by atoms with Crippen LogP contribution >= 0.6 is 11.6 Å². The molecule has 3 nitrogen and oxygen atoms in total. The van der Waals surface area contributed by atoms with Crippen LogP contribution in [0.4, 0.5) is 8.78 Å². The lowest BCUT2D eigenvalue weighted by molar-refractivity contribution is 0.462. The first-order valence-corrected chi connectivity index (χ1v) is 6.69. The van der Waals surface area contributed by atoms with E-state index in [9.17, 15) is 8.78 Å². The molecule has 1 N–H and O–H groups in total. The Bertz CT molecular complexity index is 590. The van der Waals surface area contributed by atoms with Crippen molar-refractivity contribution in [2.45, 2.75) is 25.9 Å². The Labute approximate surface area is 121 Å². The third-order valence-electron chi connectivity index (χ3n) is 3.13. The SMILES string of the molecule is CNC(c1c(F)cccc1F)c1c(Cl)cnn1C(C)C. The standard InChI is InChI=1S/C14H16ClF2N3/c1-8(2)20-14(9(15)7-19-20)13(18-3)12-10(16)5-4-6-11(12)17/h4-8,13,18H,1-3H3. The van der Waals surface area contributed by atoms with Gasteiger partial charge in [0.25, 0.3) is 0 Å². The van der Waals surface area contributed by atoms with Gasteiger partial charge in [0, 0.05) is 11.6 Å². The van der Waals surface area contributed by atoms with Crippen molar-refractivity contribution in [3.8, 4) is 0 Å². The van der Waals surface area contributed by atoms with Gasteiger partial charge in [-0.1, -0.05) is 17.7 Å². The summed E-state index contributed by atoms with van der Waals surface area (Å²) in [6, 6.07) is 3.12. The smallest absolute Gasteiger partial charge is 0.131 e. The number of hydrogen-bond donors (Lipinski definition) is 1. The number of hydrogen-bond acceptors (Lipinski definition) is 2. The molecule has 0 aliphatic heterocycles. The molecule has 1 atom stereocenters. The van der Waals surface area contributed by atoms with Crippen LogP contribution in [0, 0.1) is 11.6 Å². The topological polar surface area (TPSA) is 29.9 Å². The van der Waals surface area contributed by atoms with E-state index in [-0.39, 0.29) is 11.6 Å². The first-order chi connectivity index (χ1) is 9.47. The maximum Gasteiger partial charge on any atom is 0.131 e. The van der Waals surface area contributed by atoms with Gasteiger partial charge in [0.1, 0.15) is 11.6 Å². The lowest BCUT2D eigenvalue weighted by Gasteiger charge is -2.21. The number of nitrogens with one attached hydrogen (secondary N) is 1. The minimum absolute atomic E-state index is 0.0307. The van der Waals surface area contributed by atoms with Crippen LogP contribution in [0.3, 0.4) is 0 Å². The maximum absolute atomic E-state index is 14.0.